The highest BCUT2D eigenvalue weighted by atomic mass is 19.1. The number of fused-ring (bicyclic) bond motifs is 1. The predicted molar refractivity (Wildman–Crippen MR) is 118 cm³/mol. The lowest BCUT2D eigenvalue weighted by Crippen LogP contribution is -2.24. The Labute approximate surface area is 183 Å². The minimum absolute atomic E-state index is 0.146. The number of hydrogen-bond acceptors (Lipinski definition) is 6. The van der Waals surface area contributed by atoms with Crippen molar-refractivity contribution < 1.29 is 9.18 Å². The van der Waals surface area contributed by atoms with Crippen molar-refractivity contribution in [1.29, 1.82) is 0 Å². The maximum absolute atomic E-state index is 14.1. The number of carbonyl (C=O) groups excluding carboxylic acids is 1. The Morgan fingerprint density at radius 2 is 2.03 bits per heavy atom. The Hall–Kier alpha value is -3.88. The average molecular weight is 431 g/mol. The first-order chi connectivity index (χ1) is 15.7. The summed E-state index contributed by atoms with van der Waals surface area (Å²) >= 11 is 0. The Bertz CT molecular complexity index is 1250. The van der Waals surface area contributed by atoms with Gasteiger partial charge in [0.2, 0.25) is 0 Å². The van der Waals surface area contributed by atoms with E-state index in [-0.39, 0.29) is 18.1 Å². The van der Waals surface area contributed by atoms with Crippen LogP contribution in [0, 0.1) is 5.82 Å². The van der Waals surface area contributed by atoms with Crippen LogP contribution in [0.2, 0.25) is 0 Å². The van der Waals surface area contributed by atoms with Crippen molar-refractivity contribution >= 4 is 28.4 Å². The Morgan fingerprint density at radius 1 is 1.16 bits per heavy atom. The number of nitrogens with zero attached hydrogens (tertiary/aromatic N) is 4. The van der Waals surface area contributed by atoms with Crippen LogP contribution >= 0.6 is 0 Å². The first-order valence-corrected chi connectivity index (χ1v) is 10.6. The van der Waals surface area contributed by atoms with Gasteiger partial charge in [-0.15, -0.1) is 0 Å². The van der Waals surface area contributed by atoms with Gasteiger partial charge in [-0.25, -0.2) is 19.3 Å². The zero-order chi connectivity index (χ0) is 21.9. The minimum atomic E-state index is -0.401. The molecule has 0 aliphatic heterocycles. The number of aromatic amines is 1. The summed E-state index contributed by atoms with van der Waals surface area (Å²) in [5, 5.41) is 5.93. The molecular formula is C23H22FN7O. The van der Waals surface area contributed by atoms with E-state index in [9.17, 15) is 9.18 Å². The summed E-state index contributed by atoms with van der Waals surface area (Å²) in [7, 11) is 0. The van der Waals surface area contributed by atoms with Crippen LogP contribution in [0.4, 0.5) is 15.8 Å². The molecule has 1 fully saturated rings. The predicted octanol–water partition coefficient (Wildman–Crippen LogP) is 4.22. The number of pyridine rings is 1. The highest BCUT2D eigenvalue weighted by Crippen LogP contribution is 2.33. The van der Waals surface area contributed by atoms with Crippen molar-refractivity contribution in [2.75, 3.05) is 5.32 Å². The molecule has 0 atom stereocenters. The molecule has 8 nitrogen and oxygen atoms in total. The number of halogens is 1. The van der Waals surface area contributed by atoms with Crippen LogP contribution in [0.5, 0.6) is 0 Å². The van der Waals surface area contributed by atoms with E-state index in [0.717, 1.165) is 24.4 Å². The van der Waals surface area contributed by atoms with E-state index in [4.69, 9.17) is 0 Å². The number of carbonyl (C=O) groups is 1. The summed E-state index contributed by atoms with van der Waals surface area (Å²) in [6.07, 6.45) is 9.20. The zero-order valence-corrected chi connectivity index (χ0v) is 17.3. The first kappa shape index (κ1) is 20.0. The minimum Gasteiger partial charge on any atom is -0.354 e. The van der Waals surface area contributed by atoms with E-state index < -0.39 is 5.82 Å². The number of rotatable bonds is 6. The molecule has 0 radical (unpaired) electrons. The van der Waals surface area contributed by atoms with Gasteiger partial charge in [0.25, 0.3) is 5.91 Å². The van der Waals surface area contributed by atoms with Gasteiger partial charge in [0.15, 0.2) is 11.3 Å². The normalized spacial score (nSPS) is 14.0. The van der Waals surface area contributed by atoms with Crippen LogP contribution in [0.25, 0.3) is 11.2 Å². The van der Waals surface area contributed by atoms with E-state index in [1.165, 1.54) is 31.3 Å². The Morgan fingerprint density at radius 3 is 2.84 bits per heavy atom. The summed E-state index contributed by atoms with van der Waals surface area (Å²) in [5.74, 6) is 0.467. The van der Waals surface area contributed by atoms with Gasteiger partial charge < -0.3 is 15.6 Å². The third-order valence-electron chi connectivity index (χ3n) is 5.62. The van der Waals surface area contributed by atoms with Crippen molar-refractivity contribution in [3.05, 3.63) is 72.0 Å². The Balaban J connectivity index is 1.32. The molecule has 32 heavy (non-hydrogen) atoms. The zero-order valence-electron chi connectivity index (χ0n) is 17.3. The molecular weight excluding hydrogens is 409 g/mol. The summed E-state index contributed by atoms with van der Waals surface area (Å²) < 4.78 is 14.1. The highest BCUT2D eigenvalue weighted by Gasteiger charge is 2.23. The van der Waals surface area contributed by atoms with Crippen LogP contribution in [0.1, 0.15) is 53.5 Å². The number of imidazole rings is 1. The second kappa shape index (κ2) is 8.70. The molecule has 3 aromatic heterocycles. The molecule has 1 saturated carbocycles. The molecule has 1 aromatic carbocycles. The summed E-state index contributed by atoms with van der Waals surface area (Å²) in [4.78, 5) is 33.1. The summed E-state index contributed by atoms with van der Waals surface area (Å²) in [5.41, 5.74) is 3.18. The van der Waals surface area contributed by atoms with Gasteiger partial charge in [0, 0.05) is 24.3 Å². The number of nitrogens with one attached hydrogen (secondary N) is 3. The number of amides is 1. The molecule has 3 heterocycles. The van der Waals surface area contributed by atoms with E-state index in [1.54, 1.807) is 24.5 Å². The molecule has 0 spiro atoms. The van der Waals surface area contributed by atoms with Crippen LogP contribution in [0.15, 0.2) is 49.1 Å². The van der Waals surface area contributed by atoms with E-state index in [2.05, 4.69) is 35.6 Å². The second-order valence-corrected chi connectivity index (χ2v) is 7.92. The summed E-state index contributed by atoms with van der Waals surface area (Å²) in [6.45, 7) is 0.146. The number of benzene rings is 1. The number of H-pyrrole nitrogens is 1. The van der Waals surface area contributed by atoms with Gasteiger partial charge in [-0.05, 0) is 48.7 Å². The van der Waals surface area contributed by atoms with Crippen molar-refractivity contribution in [1.82, 2.24) is 30.2 Å². The molecule has 162 valence electrons. The maximum Gasteiger partial charge on any atom is 0.272 e. The fourth-order valence-corrected chi connectivity index (χ4v) is 4.11. The van der Waals surface area contributed by atoms with Crippen molar-refractivity contribution in [2.45, 2.75) is 38.1 Å². The quantitative estimate of drug-likeness (QED) is 0.422. The van der Waals surface area contributed by atoms with Gasteiger partial charge in [0.1, 0.15) is 23.5 Å². The summed E-state index contributed by atoms with van der Waals surface area (Å²) in [6, 6.07) is 8.18. The van der Waals surface area contributed by atoms with Crippen LogP contribution in [0.3, 0.4) is 0 Å². The largest absolute Gasteiger partial charge is 0.354 e. The maximum atomic E-state index is 14.1. The third-order valence-corrected chi connectivity index (χ3v) is 5.62. The lowest BCUT2D eigenvalue weighted by atomic mass is 10.1. The van der Waals surface area contributed by atoms with Crippen LogP contribution in [-0.2, 0) is 6.54 Å². The molecule has 4 aromatic rings. The molecule has 9 heteroatoms. The molecule has 1 aliphatic carbocycles. The molecule has 5 rings (SSSR count). The van der Waals surface area contributed by atoms with E-state index in [0.29, 0.717) is 28.3 Å². The highest BCUT2D eigenvalue weighted by molar-refractivity contribution is 6.02. The van der Waals surface area contributed by atoms with Gasteiger partial charge in [0.05, 0.1) is 11.9 Å². The first-order valence-electron chi connectivity index (χ1n) is 10.6. The van der Waals surface area contributed by atoms with Crippen molar-refractivity contribution in [3.63, 3.8) is 0 Å². The average Bonchev–Trinajstić information content (AvgIpc) is 3.47. The van der Waals surface area contributed by atoms with Crippen molar-refractivity contribution in [3.8, 4) is 0 Å². The Kier molecular flexibility index (Phi) is 5.45. The van der Waals surface area contributed by atoms with Crippen LogP contribution < -0.4 is 10.6 Å². The molecule has 1 amide bonds. The number of aromatic nitrogens is 5. The third kappa shape index (κ3) is 4.27. The molecule has 0 saturated heterocycles. The fourth-order valence-electron chi connectivity index (χ4n) is 4.11. The standard InChI is InChI=1S/C23H22FN7O/c24-16-8-14(9-18(10-16)29-17-6-3-7-25-12-17)11-26-23(32)20-19-22(28-13-27-20)31-21(30-19)15-4-1-2-5-15/h3,6-10,12-13,15,29H,1-2,4-5,11H2,(H,26,32)(H,27,28,30,31). The van der Waals surface area contributed by atoms with Gasteiger partial charge in [-0.2, -0.15) is 0 Å². The molecule has 3 N–H and O–H groups in total. The smallest absolute Gasteiger partial charge is 0.272 e. The van der Waals surface area contributed by atoms with Gasteiger partial charge in [-0.1, -0.05) is 12.8 Å². The van der Waals surface area contributed by atoms with Gasteiger partial charge in [-0.3, -0.25) is 9.78 Å². The number of anilines is 2. The second-order valence-electron chi connectivity index (χ2n) is 7.92. The number of hydrogen-bond donors (Lipinski definition) is 3. The SMILES string of the molecule is O=C(NCc1cc(F)cc(Nc2cccnc2)c1)c1ncnc2nc(C3CCCC3)[nH]c12. The lowest BCUT2D eigenvalue weighted by Gasteiger charge is -2.10. The molecule has 0 unspecified atom stereocenters. The topological polar surface area (TPSA) is 108 Å². The fraction of sp³-hybridized carbons (Fsp3) is 0.261. The van der Waals surface area contributed by atoms with Crippen LogP contribution in [-0.4, -0.2) is 30.8 Å². The molecule has 0 bridgehead atoms. The van der Waals surface area contributed by atoms with Gasteiger partial charge >= 0.3 is 0 Å². The monoisotopic (exact) mass is 431 g/mol. The van der Waals surface area contributed by atoms with E-state index in [1.807, 2.05) is 6.07 Å². The lowest BCUT2D eigenvalue weighted by molar-refractivity contribution is 0.0947. The molecule has 1 aliphatic rings. The van der Waals surface area contributed by atoms with E-state index >= 15 is 0 Å². The van der Waals surface area contributed by atoms with Crippen molar-refractivity contribution in [2.24, 2.45) is 0 Å².